The molecule has 3 atom stereocenters. The second-order valence-corrected chi connectivity index (χ2v) is 3.19. The standard InChI is InChI=1S/C7H13NO2/c1-4-2-5(7(9)10)6(8)3-4/h4-6H,2-3,8H2,1H3,(H,9,10)/t4?,5-,6+/m1/s1. The van der Waals surface area contributed by atoms with Crippen LogP contribution in [0.1, 0.15) is 19.8 Å². The van der Waals surface area contributed by atoms with E-state index in [0.717, 1.165) is 12.8 Å². The van der Waals surface area contributed by atoms with Crippen LogP contribution in [0.4, 0.5) is 0 Å². The maximum absolute atomic E-state index is 10.5. The largest absolute Gasteiger partial charge is 0.481 e. The topological polar surface area (TPSA) is 63.3 Å². The molecule has 1 rings (SSSR count). The predicted molar refractivity (Wildman–Crippen MR) is 37.5 cm³/mol. The maximum Gasteiger partial charge on any atom is 0.308 e. The molecule has 3 nitrogen and oxygen atoms in total. The van der Waals surface area contributed by atoms with Gasteiger partial charge in [0.25, 0.3) is 0 Å². The highest BCUT2D eigenvalue weighted by Crippen LogP contribution is 2.29. The third-order valence-corrected chi connectivity index (χ3v) is 2.16. The Morgan fingerprint density at radius 1 is 1.60 bits per heavy atom. The predicted octanol–water partition coefficient (Wildman–Crippen LogP) is 0.444. The Kier molecular flexibility index (Phi) is 1.94. The summed E-state index contributed by atoms with van der Waals surface area (Å²) in [5.74, 6) is -0.553. The molecule has 3 heteroatoms. The normalized spacial score (nSPS) is 40.0. The minimum absolute atomic E-state index is 0.118. The van der Waals surface area contributed by atoms with Crippen LogP contribution in [-0.2, 0) is 4.79 Å². The summed E-state index contributed by atoms with van der Waals surface area (Å²) in [5.41, 5.74) is 5.59. The van der Waals surface area contributed by atoms with E-state index in [1.54, 1.807) is 0 Å². The SMILES string of the molecule is CC1C[C@H](N)[C@H](C(=O)O)C1. The average molecular weight is 143 g/mol. The molecule has 0 heterocycles. The lowest BCUT2D eigenvalue weighted by atomic mass is 10.1. The summed E-state index contributed by atoms with van der Waals surface area (Å²) in [6.45, 7) is 2.04. The zero-order valence-electron chi connectivity index (χ0n) is 6.08. The van der Waals surface area contributed by atoms with Gasteiger partial charge in [0.05, 0.1) is 5.92 Å². The number of hydrogen-bond acceptors (Lipinski definition) is 2. The van der Waals surface area contributed by atoms with Gasteiger partial charge in [-0.1, -0.05) is 6.92 Å². The molecule has 0 aromatic heterocycles. The van der Waals surface area contributed by atoms with Crippen molar-refractivity contribution in [2.24, 2.45) is 17.6 Å². The van der Waals surface area contributed by atoms with Crippen LogP contribution in [0.25, 0.3) is 0 Å². The molecule has 58 valence electrons. The van der Waals surface area contributed by atoms with E-state index in [1.165, 1.54) is 0 Å². The van der Waals surface area contributed by atoms with Gasteiger partial charge in [-0.25, -0.2) is 0 Å². The Morgan fingerprint density at radius 2 is 2.20 bits per heavy atom. The average Bonchev–Trinajstić information content (AvgIpc) is 2.10. The molecule has 0 aromatic carbocycles. The molecule has 0 spiro atoms. The fourth-order valence-corrected chi connectivity index (χ4v) is 1.62. The van der Waals surface area contributed by atoms with Crippen molar-refractivity contribution < 1.29 is 9.90 Å². The monoisotopic (exact) mass is 143 g/mol. The molecule has 1 aliphatic carbocycles. The van der Waals surface area contributed by atoms with Crippen LogP contribution in [-0.4, -0.2) is 17.1 Å². The molecule has 0 amide bonds. The van der Waals surface area contributed by atoms with Crippen LogP contribution in [0.15, 0.2) is 0 Å². The number of carbonyl (C=O) groups is 1. The molecule has 1 aliphatic rings. The number of carboxylic acid groups (broad SMARTS) is 1. The number of aliphatic carboxylic acids is 1. The van der Waals surface area contributed by atoms with Crippen LogP contribution in [0, 0.1) is 11.8 Å². The van der Waals surface area contributed by atoms with Crippen molar-refractivity contribution >= 4 is 5.97 Å². The minimum atomic E-state index is -0.739. The Hall–Kier alpha value is -0.570. The minimum Gasteiger partial charge on any atom is -0.481 e. The van der Waals surface area contributed by atoms with Crippen LogP contribution >= 0.6 is 0 Å². The highest BCUT2D eigenvalue weighted by Gasteiger charge is 2.34. The lowest BCUT2D eigenvalue weighted by Crippen LogP contribution is -2.30. The molecular weight excluding hydrogens is 130 g/mol. The Labute approximate surface area is 60.2 Å². The molecule has 1 fully saturated rings. The lowest BCUT2D eigenvalue weighted by molar-refractivity contribution is -0.141. The van der Waals surface area contributed by atoms with Crippen LogP contribution in [0.2, 0.25) is 0 Å². The molecule has 10 heavy (non-hydrogen) atoms. The van der Waals surface area contributed by atoms with Gasteiger partial charge in [-0.05, 0) is 18.8 Å². The van der Waals surface area contributed by atoms with Crippen LogP contribution in [0.5, 0.6) is 0 Å². The van der Waals surface area contributed by atoms with Crippen molar-refractivity contribution in [1.29, 1.82) is 0 Å². The molecule has 3 N–H and O–H groups in total. The van der Waals surface area contributed by atoms with E-state index in [0.29, 0.717) is 5.92 Å². The van der Waals surface area contributed by atoms with Crippen molar-refractivity contribution in [3.8, 4) is 0 Å². The number of nitrogens with two attached hydrogens (primary N) is 1. The molecular formula is C7H13NO2. The molecule has 0 aromatic rings. The van der Waals surface area contributed by atoms with E-state index in [9.17, 15) is 4.79 Å². The molecule has 0 radical (unpaired) electrons. The van der Waals surface area contributed by atoms with Gasteiger partial charge in [0.15, 0.2) is 0 Å². The van der Waals surface area contributed by atoms with Crippen molar-refractivity contribution in [1.82, 2.24) is 0 Å². The van der Waals surface area contributed by atoms with Gasteiger partial charge in [0, 0.05) is 6.04 Å². The van der Waals surface area contributed by atoms with Gasteiger partial charge in [-0.2, -0.15) is 0 Å². The number of carboxylic acids is 1. The third kappa shape index (κ3) is 1.29. The summed E-state index contributed by atoms with van der Waals surface area (Å²) in [7, 11) is 0. The van der Waals surface area contributed by atoms with Gasteiger partial charge in [0.1, 0.15) is 0 Å². The highest BCUT2D eigenvalue weighted by molar-refractivity contribution is 5.71. The van der Waals surface area contributed by atoms with Crippen molar-refractivity contribution in [2.45, 2.75) is 25.8 Å². The van der Waals surface area contributed by atoms with Gasteiger partial charge >= 0.3 is 5.97 Å². The summed E-state index contributed by atoms with van der Waals surface area (Å²) in [4.78, 5) is 10.5. The van der Waals surface area contributed by atoms with Gasteiger partial charge in [-0.3, -0.25) is 4.79 Å². The van der Waals surface area contributed by atoms with Crippen LogP contribution < -0.4 is 5.73 Å². The summed E-state index contributed by atoms with van der Waals surface area (Å²) in [6, 6.07) is -0.118. The fraction of sp³-hybridized carbons (Fsp3) is 0.857. The first-order valence-electron chi connectivity index (χ1n) is 3.59. The van der Waals surface area contributed by atoms with Gasteiger partial charge in [-0.15, -0.1) is 0 Å². The van der Waals surface area contributed by atoms with Crippen molar-refractivity contribution in [3.05, 3.63) is 0 Å². The summed E-state index contributed by atoms with van der Waals surface area (Å²) in [5, 5.41) is 8.62. The number of hydrogen-bond donors (Lipinski definition) is 2. The maximum atomic E-state index is 10.5. The number of rotatable bonds is 1. The zero-order valence-corrected chi connectivity index (χ0v) is 6.08. The summed E-state index contributed by atoms with van der Waals surface area (Å²) in [6.07, 6.45) is 1.60. The second kappa shape index (κ2) is 2.58. The zero-order chi connectivity index (χ0) is 7.72. The Morgan fingerprint density at radius 3 is 2.40 bits per heavy atom. The van der Waals surface area contributed by atoms with Gasteiger partial charge in [0.2, 0.25) is 0 Å². The van der Waals surface area contributed by atoms with E-state index in [1.807, 2.05) is 6.92 Å². The van der Waals surface area contributed by atoms with E-state index < -0.39 is 5.97 Å². The first-order chi connectivity index (χ1) is 4.61. The lowest BCUT2D eigenvalue weighted by Gasteiger charge is -2.07. The highest BCUT2D eigenvalue weighted by atomic mass is 16.4. The first-order valence-corrected chi connectivity index (χ1v) is 3.59. The smallest absolute Gasteiger partial charge is 0.308 e. The summed E-state index contributed by atoms with van der Waals surface area (Å²) < 4.78 is 0. The van der Waals surface area contributed by atoms with Crippen molar-refractivity contribution in [2.75, 3.05) is 0 Å². The second-order valence-electron chi connectivity index (χ2n) is 3.19. The Bertz CT molecular complexity index is 147. The van der Waals surface area contributed by atoms with Crippen LogP contribution in [0.3, 0.4) is 0 Å². The molecule has 1 saturated carbocycles. The molecule has 1 unspecified atom stereocenters. The third-order valence-electron chi connectivity index (χ3n) is 2.16. The summed E-state index contributed by atoms with van der Waals surface area (Å²) >= 11 is 0. The fourth-order valence-electron chi connectivity index (χ4n) is 1.62. The van der Waals surface area contributed by atoms with E-state index in [4.69, 9.17) is 10.8 Å². The molecule has 0 bridgehead atoms. The van der Waals surface area contributed by atoms with E-state index in [-0.39, 0.29) is 12.0 Å². The quantitative estimate of drug-likeness (QED) is 0.560. The van der Waals surface area contributed by atoms with Crippen molar-refractivity contribution in [3.63, 3.8) is 0 Å². The first kappa shape index (κ1) is 7.54. The molecule has 0 saturated heterocycles. The molecule has 0 aliphatic heterocycles. The van der Waals surface area contributed by atoms with Gasteiger partial charge < -0.3 is 10.8 Å². The van der Waals surface area contributed by atoms with E-state index in [2.05, 4.69) is 0 Å². The van der Waals surface area contributed by atoms with E-state index >= 15 is 0 Å². The Balaban J connectivity index is 2.54.